The number of nitrogens with one attached hydrogen (secondary N) is 1. The molecule has 6 heteroatoms. The number of benzene rings is 1. The lowest BCUT2D eigenvalue weighted by atomic mass is 10.1. The molecular formula is C14H20F2N2O2. The van der Waals surface area contributed by atoms with Crippen molar-refractivity contribution >= 4 is 6.03 Å². The predicted molar refractivity (Wildman–Crippen MR) is 72.3 cm³/mol. The molecular weight excluding hydrogens is 266 g/mol. The number of hydrogen-bond donors (Lipinski definition) is 2. The molecule has 1 unspecified atom stereocenters. The van der Waals surface area contributed by atoms with Gasteiger partial charge in [0, 0.05) is 13.1 Å². The molecule has 0 fully saturated rings. The Morgan fingerprint density at radius 2 is 2.05 bits per heavy atom. The lowest BCUT2D eigenvalue weighted by molar-refractivity contribution is 0.174. The minimum absolute atomic E-state index is 0.118. The Morgan fingerprint density at radius 3 is 2.60 bits per heavy atom. The van der Waals surface area contributed by atoms with Gasteiger partial charge in [0.05, 0.1) is 12.6 Å². The zero-order chi connectivity index (χ0) is 15.1. The van der Waals surface area contributed by atoms with Gasteiger partial charge in [0.2, 0.25) is 0 Å². The van der Waals surface area contributed by atoms with Gasteiger partial charge in [-0.3, -0.25) is 0 Å². The first kappa shape index (κ1) is 16.4. The van der Waals surface area contributed by atoms with E-state index in [0.717, 1.165) is 18.6 Å². The average Bonchev–Trinajstić information content (AvgIpc) is 2.41. The van der Waals surface area contributed by atoms with Crippen LogP contribution in [0.15, 0.2) is 18.2 Å². The van der Waals surface area contributed by atoms with Gasteiger partial charge in [-0.2, -0.15) is 0 Å². The van der Waals surface area contributed by atoms with Crippen LogP contribution in [0, 0.1) is 11.6 Å². The zero-order valence-corrected chi connectivity index (χ0v) is 11.7. The Morgan fingerprint density at radius 1 is 1.35 bits per heavy atom. The maximum Gasteiger partial charge on any atom is 0.317 e. The van der Waals surface area contributed by atoms with Gasteiger partial charge in [-0.1, -0.05) is 13.0 Å². The lowest BCUT2D eigenvalue weighted by Gasteiger charge is -2.24. The summed E-state index contributed by atoms with van der Waals surface area (Å²) in [5, 5.41) is 11.6. The van der Waals surface area contributed by atoms with Crippen LogP contribution >= 0.6 is 0 Å². The third-order valence-corrected chi connectivity index (χ3v) is 2.93. The van der Waals surface area contributed by atoms with Crippen LogP contribution in [0.4, 0.5) is 13.6 Å². The monoisotopic (exact) mass is 286 g/mol. The SMILES string of the molecule is CCCN(CCO)C(=O)NC(C)c1ccc(F)c(F)c1. The standard InChI is InChI=1S/C14H20F2N2O2/c1-3-6-18(7-8-19)14(20)17-10(2)11-4-5-12(15)13(16)9-11/h4-5,9-10,19H,3,6-8H2,1-2H3,(H,17,20). The molecule has 1 rings (SSSR count). The number of nitrogens with zero attached hydrogens (tertiary/aromatic N) is 1. The highest BCUT2D eigenvalue weighted by Crippen LogP contribution is 2.16. The molecule has 0 aliphatic heterocycles. The molecule has 4 nitrogen and oxygen atoms in total. The first-order valence-corrected chi connectivity index (χ1v) is 6.60. The first-order valence-electron chi connectivity index (χ1n) is 6.60. The van der Waals surface area contributed by atoms with E-state index in [2.05, 4.69) is 5.32 Å². The summed E-state index contributed by atoms with van der Waals surface area (Å²) in [5.74, 6) is -1.86. The van der Waals surface area contributed by atoms with Crippen molar-refractivity contribution in [3.05, 3.63) is 35.4 Å². The number of carbonyl (C=O) groups excluding carboxylic acids is 1. The predicted octanol–water partition coefficient (Wildman–Crippen LogP) is 2.44. The van der Waals surface area contributed by atoms with Crippen LogP contribution in [0.25, 0.3) is 0 Å². The minimum atomic E-state index is -0.940. The van der Waals surface area contributed by atoms with Crippen molar-refractivity contribution in [1.29, 1.82) is 0 Å². The highest BCUT2D eigenvalue weighted by atomic mass is 19.2. The topological polar surface area (TPSA) is 52.6 Å². The second-order valence-electron chi connectivity index (χ2n) is 4.56. The first-order chi connectivity index (χ1) is 9.49. The molecule has 20 heavy (non-hydrogen) atoms. The minimum Gasteiger partial charge on any atom is -0.395 e. The van der Waals surface area contributed by atoms with E-state index in [0.29, 0.717) is 12.1 Å². The van der Waals surface area contributed by atoms with Gasteiger partial charge in [-0.25, -0.2) is 13.6 Å². The van der Waals surface area contributed by atoms with E-state index in [1.165, 1.54) is 11.0 Å². The lowest BCUT2D eigenvalue weighted by Crippen LogP contribution is -2.42. The Kier molecular flexibility index (Phi) is 6.38. The maximum absolute atomic E-state index is 13.1. The van der Waals surface area contributed by atoms with E-state index in [-0.39, 0.29) is 19.2 Å². The molecule has 0 spiro atoms. The van der Waals surface area contributed by atoms with Crippen molar-refractivity contribution in [2.24, 2.45) is 0 Å². The largest absolute Gasteiger partial charge is 0.395 e. The van der Waals surface area contributed by atoms with E-state index < -0.39 is 17.7 Å². The van der Waals surface area contributed by atoms with Gasteiger partial charge >= 0.3 is 6.03 Å². The fourth-order valence-electron chi connectivity index (χ4n) is 1.85. The Labute approximate surface area is 117 Å². The third kappa shape index (κ3) is 4.45. The molecule has 2 N–H and O–H groups in total. The normalized spacial score (nSPS) is 12.1. The maximum atomic E-state index is 13.1. The molecule has 112 valence electrons. The summed E-state index contributed by atoms with van der Waals surface area (Å²) in [5.41, 5.74) is 0.484. The second kappa shape index (κ2) is 7.79. The summed E-state index contributed by atoms with van der Waals surface area (Å²) in [7, 11) is 0. The molecule has 0 aliphatic carbocycles. The molecule has 2 amide bonds. The second-order valence-corrected chi connectivity index (χ2v) is 4.56. The number of urea groups is 1. The number of carbonyl (C=O) groups is 1. The molecule has 0 radical (unpaired) electrons. The van der Waals surface area contributed by atoms with Crippen LogP contribution < -0.4 is 5.32 Å². The van der Waals surface area contributed by atoms with E-state index in [9.17, 15) is 13.6 Å². The Bertz CT molecular complexity index is 449. The smallest absolute Gasteiger partial charge is 0.317 e. The van der Waals surface area contributed by atoms with Crippen LogP contribution in [0.2, 0.25) is 0 Å². The molecule has 0 heterocycles. The summed E-state index contributed by atoms with van der Waals surface area (Å²) >= 11 is 0. The van der Waals surface area contributed by atoms with Gasteiger partial charge in [0.15, 0.2) is 11.6 Å². The number of amides is 2. The Hall–Kier alpha value is -1.69. The van der Waals surface area contributed by atoms with E-state index in [4.69, 9.17) is 5.11 Å². The molecule has 0 aliphatic rings. The third-order valence-electron chi connectivity index (χ3n) is 2.93. The molecule has 0 bridgehead atoms. The van der Waals surface area contributed by atoms with Gasteiger partial charge in [0.1, 0.15) is 0 Å². The quantitative estimate of drug-likeness (QED) is 0.844. The summed E-state index contributed by atoms with van der Waals surface area (Å²) in [6.45, 7) is 4.26. The van der Waals surface area contributed by atoms with Crippen LogP contribution in [-0.2, 0) is 0 Å². The van der Waals surface area contributed by atoms with Crippen LogP contribution in [-0.4, -0.2) is 35.7 Å². The molecule has 0 saturated carbocycles. The number of hydrogen-bond acceptors (Lipinski definition) is 2. The molecule has 1 aromatic carbocycles. The van der Waals surface area contributed by atoms with E-state index in [1.54, 1.807) is 6.92 Å². The summed E-state index contributed by atoms with van der Waals surface area (Å²) in [6, 6.07) is 2.75. The van der Waals surface area contributed by atoms with Crippen molar-refractivity contribution < 1.29 is 18.7 Å². The fourth-order valence-corrected chi connectivity index (χ4v) is 1.85. The van der Waals surface area contributed by atoms with Crippen LogP contribution in [0.1, 0.15) is 31.9 Å². The van der Waals surface area contributed by atoms with Crippen molar-refractivity contribution in [3.8, 4) is 0 Å². The van der Waals surface area contributed by atoms with Gasteiger partial charge in [-0.15, -0.1) is 0 Å². The summed E-state index contributed by atoms with van der Waals surface area (Å²) < 4.78 is 26.0. The summed E-state index contributed by atoms with van der Waals surface area (Å²) in [6.07, 6.45) is 0.771. The number of aliphatic hydroxyl groups excluding tert-OH is 1. The average molecular weight is 286 g/mol. The van der Waals surface area contributed by atoms with Gasteiger partial charge < -0.3 is 15.3 Å². The van der Waals surface area contributed by atoms with E-state index in [1.807, 2.05) is 6.92 Å². The number of rotatable bonds is 6. The van der Waals surface area contributed by atoms with Gasteiger partial charge in [0.25, 0.3) is 0 Å². The fraction of sp³-hybridized carbons (Fsp3) is 0.500. The molecule has 0 aromatic heterocycles. The van der Waals surface area contributed by atoms with E-state index >= 15 is 0 Å². The molecule has 1 atom stereocenters. The zero-order valence-electron chi connectivity index (χ0n) is 11.7. The van der Waals surface area contributed by atoms with Crippen LogP contribution in [0.3, 0.4) is 0 Å². The van der Waals surface area contributed by atoms with Crippen molar-refractivity contribution in [3.63, 3.8) is 0 Å². The molecule has 0 saturated heterocycles. The van der Waals surface area contributed by atoms with Gasteiger partial charge in [-0.05, 0) is 31.0 Å². The van der Waals surface area contributed by atoms with Crippen molar-refractivity contribution in [2.45, 2.75) is 26.3 Å². The highest BCUT2D eigenvalue weighted by molar-refractivity contribution is 5.74. The van der Waals surface area contributed by atoms with Crippen LogP contribution in [0.5, 0.6) is 0 Å². The summed E-state index contributed by atoms with van der Waals surface area (Å²) in [4.78, 5) is 13.5. The number of halogens is 2. The Balaban J connectivity index is 2.70. The number of aliphatic hydroxyl groups is 1. The molecule has 1 aromatic rings. The van der Waals surface area contributed by atoms with Crippen molar-refractivity contribution in [1.82, 2.24) is 10.2 Å². The highest BCUT2D eigenvalue weighted by Gasteiger charge is 2.16. The van der Waals surface area contributed by atoms with Crippen molar-refractivity contribution in [2.75, 3.05) is 19.7 Å².